The van der Waals surface area contributed by atoms with Crippen molar-refractivity contribution in [3.63, 3.8) is 0 Å². The Balaban J connectivity index is 2.74. The molecular weight excluding hydrogens is 154 g/mol. The van der Waals surface area contributed by atoms with E-state index in [9.17, 15) is 4.79 Å². The molecule has 0 N–H and O–H groups in total. The van der Waals surface area contributed by atoms with Crippen molar-refractivity contribution >= 4 is 5.97 Å². The van der Waals surface area contributed by atoms with Crippen LogP contribution in [0, 0.1) is 16.7 Å². The van der Waals surface area contributed by atoms with Gasteiger partial charge in [0.25, 0.3) is 0 Å². The summed E-state index contributed by atoms with van der Waals surface area (Å²) in [5.74, 6) is -0.348. The number of rotatable bonds is 2. The van der Waals surface area contributed by atoms with Crippen molar-refractivity contribution < 1.29 is 9.53 Å². The molecule has 0 heterocycles. The number of nitrogens with zero attached hydrogens (tertiary/aromatic N) is 1. The second kappa shape index (κ2) is 2.63. The SMILES string of the molecule is CCOC(=O)C1=C(C#N)C1(C)C. The number of carbonyl (C=O) groups excluding carboxylic acids is 1. The van der Waals surface area contributed by atoms with Crippen LogP contribution in [0.3, 0.4) is 0 Å². The topological polar surface area (TPSA) is 50.1 Å². The van der Waals surface area contributed by atoms with Gasteiger partial charge < -0.3 is 4.74 Å². The third-order valence-electron chi connectivity index (χ3n) is 2.03. The van der Waals surface area contributed by atoms with Gasteiger partial charge in [0, 0.05) is 5.41 Å². The molecule has 3 nitrogen and oxygen atoms in total. The van der Waals surface area contributed by atoms with Gasteiger partial charge >= 0.3 is 5.97 Å². The van der Waals surface area contributed by atoms with Crippen LogP contribution >= 0.6 is 0 Å². The molecule has 0 aromatic heterocycles. The summed E-state index contributed by atoms with van der Waals surface area (Å²) in [6, 6.07) is 2.00. The third-order valence-corrected chi connectivity index (χ3v) is 2.03. The molecule has 1 rings (SSSR count). The maximum absolute atomic E-state index is 11.2. The highest BCUT2D eigenvalue weighted by Gasteiger charge is 2.50. The number of allylic oxidation sites excluding steroid dienone is 1. The summed E-state index contributed by atoms with van der Waals surface area (Å²) in [5.41, 5.74) is 0.744. The molecule has 0 spiro atoms. The summed E-state index contributed by atoms with van der Waals surface area (Å²) in [4.78, 5) is 11.2. The van der Waals surface area contributed by atoms with E-state index in [-0.39, 0.29) is 11.4 Å². The Morgan fingerprint density at radius 2 is 2.25 bits per heavy atom. The molecule has 1 aliphatic carbocycles. The molecule has 3 heteroatoms. The van der Waals surface area contributed by atoms with E-state index >= 15 is 0 Å². The molecule has 0 aromatic rings. The number of ether oxygens (including phenoxy) is 1. The molecule has 0 saturated heterocycles. The molecule has 0 aliphatic heterocycles. The fraction of sp³-hybridized carbons (Fsp3) is 0.556. The van der Waals surface area contributed by atoms with Crippen LogP contribution in [0.4, 0.5) is 0 Å². The van der Waals surface area contributed by atoms with Gasteiger partial charge in [-0.2, -0.15) is 5.26 Å². The molecule has 0 fully saturated rings. The van der Waals surface area contributed by atoms with Crippen LogP contribution in [-0.4, -0.2) is 12.6 Å². The maximum Gasteiger partial charge on any atom is 0.335 e. The Hall–Kier alpha value is -1.30. The highest BCUT2D eigenvalue weighted by Crippen LogP contribution is 2.51. The highest BCUT2D eigenvalue weighted by molar-refractivity contribution is 5.99. The van der Waals surface area contributed by atoms with Crippen LogP contribution in [0.1, 0.15) is 20.8 Å². The largest absolute Gasteiger partial charge is 0.463 e. The predicted octanol–water partition coefficient (Wildman–Crippen LogP) is 1.41. The third kappa shape index (κ3) is 1.10. The molecule has 1 aliphatic rings. The lowest BCUT2D eigenvalue weighted by atomic mass is 10.0. The van der Waals surface area contributed by atoms with Gasteiger partial charge in [-0.1, -0.05) is 13.8 Å². The zero-order valence-corrected chi connectivity index (χ0v) is 7.47. The lowest BCUT2D eigenvalue weighted by Gasteiger charge is -2.02. The summed E-state index contributed by atoms with van der Waals surface area (Å²) >= 11 is 0. The zero-order chi connectivity index (χ0) is 9.35. The van der Waals surface area contributed by atoms with E-state index in [4.69, 9.17) is 10.00 Å². The summed E-state index contributed by atoms with van der Waals surface area (Å²) in [6.45, 7) is 5.80. The molecular formula is C9H11NO2. The lowest BCUT2D eigenvalue weighted by molar-refractivity contribution is -0.138. The molecule has 0 radical (unpaired) electrons. The highest BCUT2D eigenvalue weighted by atomic mass is 16.5. The Bertz CT molecular complexity index is 294. The first-order valence-corrected chi connectivity index (χ1v) is 3.88. The van der Waals surface area contributed by atoms with E-state index in [1.54, 1.807) is 6.92 Å². The smallest absolute Gasteiger partial charge is 0.335 e. The molecule has 0 unspecified atom stereocenters. The van der Waals surface area contributed by atoms with Gasteiger partial charge in [0.2, 0.25) is 0 Å². The molecule has 12 heavy (non-hydrogen) atoms. The van der Waals surface area contributed by atoms with Crippen molar-refractivity contribution in [1.82, 2.24) is 0 Å². The summed E-state index contributed by atoms with van der Waals surface area (Å²) in [5, 5.41) is 8.61. The Morgan fingerprint density at radius 3 is 2.58 bits per heavy atom. The van der Waals surface area contributed by atoms with Crippen molar-refractivity contribution in [2.75, 3.05) is 6.61 Å². The van der Waals surface area contributed by atoms with Gasteiger partial charge in [-0.3, -0.25) is 0 Å². The number of esters is 1. The number of carbonyl (C=O) groups is 1. The van der Waals surface area contributed by atoms with Gasteiger partial charge in [-0.25, -0.2) is 4.79 Å². The van der Waals surface area contributed by atoms with Crippen LogP contribution in [0.15, 0.2) is 11.1 Å². The zero-order valence-electron chi connectivity index (χ0n) is 7.47. The fourth-order valence-electron chi connectivity index (χ4n) is 1.22. The lowest BCUT2D eigenvalue weighted by Crippen LogP contribution is -2.07. The van der Waals surface area contributed by atoms with Crippen LogP contribution in [0.25, 0.3) is 0 Å². The van der Waals surface area contributed by atoms with Crippen molar-refractivity contribution in [2.24, 2.45) is 5.41 Å². The van der Waals surface area contributed by atoms with Crippen LogP contribution in [0.5, 0.6) is 0 Å². The van der Waals surface area contributed by atoms with Crippen molar-refractivity contribution in [3.05, 3.63) is 11.1 Å². The predicted molar refractivity (Wildman–Crippen MR) is 43.1 cm³/mol. The first kappa shape index (κ1) is 8.79. The van der Waals surface area contributed by atoms with Crippen molar-refractivity contribution in [3.8, 4) is 6.07 Å². The summed E-state index contributed by atoms with van der Waals surface area (Å²) in [7, 11) is 0. The minimum Gasteiger partial charge on any atom is -0.463 e. The van der Waals surface area contributed by atoms with E-state index in [1.165, 1.54) is 0 Å². The normalized spacial score (nSPS) is 18.5. The maximum atomic E-state index is 11.2. The van der Waals surface area contributed by atoms with Crippen molar-refractivity contribution in [2.45, 2.75) is 20.8 Å². The van der Waals surface area contributed by atoms with Gasteiger partial charge in [-0.15, -0.1) is 0 Å². The average Bonchev–Trinajstić information content (AvgIpc) is 2.53. The number of nitriles is 1. The van der Waals surface area contributed by atoms with Crippen LogP contribution in [-0.2, 0) is 9.53 Å². The monoisotopic (exact) mass is 165 g/mol. The van der Waals surface area contributed by atoms with E-state index in [0.717, 1.165) is 0 Å². The molecule has 0 atom stereocenters. The first-order valence-electron chi connectivity index (χ1n) is 3.88. The van der Waals surface area contributed by atoms with Gasteiger partial charge in [-0.05, 0) is 6.92 Å². The Kier molecular flexibility index (Phi) is 1.93. The number of hydrogen-bond acceptors (Lipinski definition) is 3. The Morgan fingerprint density at radius 1 is 1.67 bits per heavy atom. The summed E-state index contributed by atoms with van der Waals surface area (Å²) < 4.78 is 4.79. The van der Waals surface area contributed by atoms with Crippen molar-refractivity contribution in [1.29, 1.82) is 5.26 Å². The molecule has 64 valence electrons. The van der Waals surface area contributed by atoms with Crippen LogP contribution < -0.4 is 0 Å². The van der Waals surface area contributed by atoms with Gasteiger partial charge in [0.05, 0.1) is 23.8 Å². The minimum absolute atomic E-state index is 0.346. The molecule has 0 aromatic carbocycles. The molecule has 0 amide bonds. The van der Waals surface area contributed by atoms with E-state index in [1.807, 2.05) is 19.9 Å². The fourth-order valence-corrected chi connectivity index (χ4v) is 1.22. The van der Waals surface area contributed by atoms with E-state index in [2.05, 4.69) is 0 Å². The quantitative estimate of drug-likeness (QED) is 0.581. The van der Waals surface area contributed by atoms with Gasteiger partial charge in [0.1, 0.15) is 0 Å². The van der Waals surface area contributed by atoms with Gasteiger partial charge in [0.15, 0.2) is 0 Å². The number of hydrogen-bond donors (Lipinski definition) is 0. The Labute approximate surface area is 71.6 Å². The minimum atomic E-state index is -0.348. The summed E-state index contributed by atoms with van der Waals surface area (Å²) in [6.07, 6.45) is 0. The van der Waals surface area contributed by atoms with Crippen LogP contribution in [0.2, 0.25) is 0 Å². The molecule has 0 bridgehead atoms. The molecule has 0 saturated carbocycles. The second-order valence-corrected chi connectivity index (χ2v) is 3.21. The van der Waals surface area contributed by atoms with E-state index < -0.39 is 0 Å². The standard InChI is InChI=1S/C9H11NO2/c1-4-12-8(11)7-6(5-10)9(7,2)3/h4H2,1-3H3. The van der Waals surface area contributed by atoms with E-state index in [0.29, 0.717) is 17.8 Å². The first-order chi connectivity index (χ1) is 5.55. The average molecular weight is 165 g/mol. The second-order valence-electron chi connectivity index (χ2n) is 3.21.